The highest BCUT2D eigenvalue weighted by Crippen LogP contribution is 2.20. The molecule has 0 aromatic heterocycles. The van der Waals surface area contributed by atoms with E-state index in [2.05, 4.69) is 61.4 Å². The van der Waals surface area contributed by atoms with Crippen molar-refractivity contribution in [1.29, 1.82) is 0 Å². The summed E-state index contributed by atoms with van der Waals surface area (Å²) in [5, 5.41) is 3.63. The van der Waals surface area contributed by atoms with Crippen LogP contribution in [-0.2, 0) is 6.54 Å². The summed E-state index contributed by atoms with van der Waals surface area (Å²) in [5.74, 6) is 0.694. The summed E-state index contributed by atoms with van der Waals surface area (Å²) in [4.78, 5) is 2.45. The van der Waals surface area contributed by atoms with E-state index in [1.165, 1.54) is 18.4 Å². The van der Waals surface area contributed by atoms with E-state index < -0.39 is 0 Å². The maximum atomic E-state index is 3.63. The zero-order valence-electron chi connectivity index (χ0n) is 11.9. The highest BCUT2D eigenvalue weighted by atomic mass is 15.1. The van der Waals surface area contributed by atoms with Gasteiger partial charge in [-0.15, -0.1) is 0 Å². The average Bonchev–Trinajstić information content (AvgIpc) is 3.20. The van der Waals surface area contributed by atoms with Crippen LogP contribution in [0, 0.1) is 5.92 Å². The molecule has 2 rings (SSSR count). The molecule has 0 bridgehead atoms. The van der Waals surface area contributed by atoms with E-state index in [9.17, 15) is 0 Å². The van der Waals surface area contributed by atoms with Gasteiger partial charge in [0.2, 0.25) is 0 Å². The van der Waals surface area contributed by atoms with Crippen LogP contribution in [-0.4, -0.2) is 30.6 Å². The maximum Gasteiger partial charge on any atom is 0.0233 e. The normalized spacial score (nSPS) is 18.9. The van der Waals surface area contributed by atoms with Crippen molar-refractivity contribution in [3.8, 4) is 0 Å². The van der Waals surface area contributed by atoms with Crippen molar-refractivity contribution in [2.24, 2.45) is 5.92 Å². The van der Waals surface area contributed by atoms with Crippen molar-refractivity contribution in [3.63, 3.8) is 0 Å². The van der Waals surface area contributed by atoms with Crippen LogP contribution in [0.2, 0.25) is 0 Å². The van der Waals surface area contributed by atoms with E-state index >= 15 is 0 Å². The van der Waals surface area contributed by atoms with E-state index in [0.717, 1.165) is 19.1 Å². The largest absolute Gasteiger partial charge is 0.314 e. The van der Waals surface area contributed by atoms with Crippen molar-refractivity contribution in [2.75, 3.05) is 13.6 Å². The van der Waals surface area contributed by atoms with Gasteiger partial charge >= 0.3 is 0 Å². The summed E-state index contributed by atoms with van der Waals surface area (Å²) >= 11 is 0. The second kappa shape index (κ2) is 6.35. The van der Waals surface area contributed by atoms with E-state index in [-0.39, 0.29) is 0 Å². The number of nitrogens with zero attached hydrogens (tertiary/aromatic N) is 1. The summed E-state index contributed by atoms with van der Waals surface area (Å²) in [5.41, 5.74) is 1.40. The van der Waals surface area contributed by atoms with Crippen LogP contribution in [0.25, 0.3) is 0 Å². The molecule has 100 valence electrons. The first-order chi connectivity index (χ1) is 8.66. The summed E-state index contributed by atoms with van der Waals surface area (Å²) in [6, 6.07) is 12.1. The Morgan fingerprint density at radius 3 is 2.50 bits per heavy atom. The smallest absolute Gasteiger partial charge is 0.0233 e. The van der Waals surface area contributed by atoms with Crippen LogP contribution in [0.1, 0.15) is 32.3 Å². The third-order valence-corrected chi connectivity index (χ3v) is 4.10. The molecule has 2 heteroatoms. The summed E-state index contributed by atoms with van der Waals surface area (Å²) in [7, 11) is 2.23. The topological polar surface area (TPSA) is 15.3 Å². The van der Waals surface area contributed by atoms with Crippen LogP contribution >= 0.6 is 0 Å². The molecule has 1 N–H and O–H groups in total. The molecular formula is C16H26N2. The van der Waals surface area contributed by atoms with E-state index in [4.69, 9.17) is 0 Å². The molecule has 1 saturated carbocycles. The molecule has 0 amide bonds. The van der Waals surface area contributed by atoms with E-state index in [0.29, 0.717) is 12.0 Å². The SMILES string of the molecule is CC(CNC1CC1)C(C)N(C)Cc1ccccc1. The Morgan fingerprint density at radius 2 is 1.89 bits per heavy atom. The first-order valence-electron chi connectivity index (χ1n) is 7.14. The molecule has 0 saturated heterocycles. The van der Waals surface area contributed by atoms with E-state index in [1.807, 2.05) is 0 Å². The minimum Gasteiger partial charge on any atom is -0.314 e. The molecule has 0 heterocycles. The molecule has 2 atom stereocenters. The summed E-state index contributed by atoms with van der Waals surface area (Å²) in [6.07, 6.45) is 2.75. The lowest BCUT2D eigenvalue weighted by atomic mass is 10.0. The Bertz CT molecular complexity index is 345. The third kappa shape index (κ3) is 4.11. The number of benzene rings is 1. The molecule has 2 nitrogen and oxygen atoms in total. The second-order valence-corrected chi connectivity index (χ2v) is 5.80. The first-order valence-corrected chi connectivity index (χ1v) is 7.14. The lowest BCUT2D eigenvalue weighted by Gasteiger charge is -2.30. The number of hydrogen-bond acceptors (Lipinski definition) is 2. The Hall–Kier alpha value is -0.860. The van der Waals surface area contributed by atoms with Gasteiger partial charge in [0.15, 0.2) is 0 Å². The van der Waals surface area contributed by atoms with Gasteiger partial charge in [0.05, 0.1) is 0 Å². The number of nitrogens with one attached hydrogen (secondary N) is 1. The number of rotatable bonds is 7. The molecule has 2 unspecified atom stereocenters. The fraction of sp³-hybridized carbons (Fsp3) is 0.625. The van der Waals surface area contributed by atoms with Gasteiger partial charge in [-0.25, -0.2) is 0 Å². The molecule has 1 aromatic carbocycles. The fourth-order valence-corrected chi connectivity index (χ4v) is 2.26. The van der Waals surface area contributed by atoms with Gasteiger partial charge in [-0.3, -0.25) is 4.90 Å². The molecular weight excluding hydrogens is 220 g/mol. The molecule has 0 spiro atoms. The Morgan fingerprint density at radius 1 is 1.22 bits per heavy atom. The van der Waals surface area contributed by atoms with Crippen LogP contribution in [0.3, 0.4) is 0 Å². The quantitative estimate of drug-likeness (QED) is 0.796. The fourth-order valence-electron chi connectivity index (χ4n) is 2.26. The van der Waals surface area contributed by atoms with Crippen molar-refractivity contribution in [2.45, 2.75) is 45.3 Å². The molecule has 1 aliphatic carbocycles. The molecule has 1 fully saturated rings. The zero-order valence-corrected chi connectivity index (χ0v) is 11.9. The first kappa shape index (κ1) is 13.6. The van der Waals surface area contributed by atoms with Gasteiger partial charge in [0.1, 0.15) is 0 Å². The zero-order chi connectivity index (χ0) is 13.0. The predicted octanol–water partition coefficient (Wildman–Crippen LogP) is 2.90. The van der Waals surface area contributed by atoms with Gasteiger partial charge in [0.25, 0.3) is 0 Å². The van der Waals surface area contributed by atoms with Gasteiger partial charge < -0.3 is 5.32 Å². The molecule has 0 radical (unpaired) electrons. The average molecular weight is 246 g/mol. The summed E-state index contributed by atoms with van der Waals surface area (Å²) in [6.45, 7) is 6.87. The van der Waals surface area contributed by atoms with Crippen molar-refractivity contribution in [1.82, 2.24) is 10.2 Å². The van der Waals surface area contributed by atoms with Crippen LogP contribution in [0.15, 0.2) is 30.3 Å². The standard InChI is InChI=1S/C16H26N2/c1-13(11-17-16-9-10-16)14(2)18(3)12-15-7-5-4-6-8-15/h4-8,13-14,16-17H,9-12H2,1-3H3. The molecule has 18 heavy (non-hydrogen) atoms. The van der Waals surface area contributed by atoms with E-state index in [1.54, 1.807) is 0 Å². The minimum atomic E-state index is 0.608. The summed E-state index contributed by atoms with van der Waals surface area (Å²) < 4.78 is 0. The van der Waals surface area contributed by atoms with Gasteiger partial charge in [0, 0.05) is 18.6 Å². The van der Waals surface area contributed by atoms with Crippen molar-refractivity contribution >= 4 is 0 Å². The third-order valence-electron chi connectivity index (χ3n) is 4.10. The number of hydrogen-bond donors (Lipinski definition) is 1. The predicted molar refractivity (Wildman–Crippen MR) is 77.6 cm³/mol. The van der Waals surface area contributed by atoms with Gasteiger partial charge in [-0.2, -0.15) is 0 Å². The lowest BCUT2D eigenvalue weighted by molar-refractivity contribution is 0.188. The minimum absolute atomic E-state index is 0.608. The Kier molecular flexibility index (Phi) is 4.79. The maximum absolute atomic E-state index is 3.63. The van der Waals surface area contributed by atoms with Crippen molar-refractivity contribution < 1.29 is 0 Å². The van der Waals surface area contributed by atoms with Crippen LogP contribution in [0.5, 0.6) is 0 Å². The van der Waals surface area contributed by atoms with Gasteiger partial charge in [-0.05, 0) is 44.8 Å². The monoisotopic (exact) mass is 246 g/mol. The van der Waals surface area contributed by atoms with Gasteiger partial charge in [-0.1, -0.05) is 37.3 Å². The second-order valence-electron chi connectivity index (χ2n) is 5.80. The Balaban J connectivity index is 1.77. The highest BCUT2D eigenvalue weighted by molar-refractivity contribution is 5.14. The van der Waals surface area contributed by atoms with Crippen molar-refractivity contribution in [3.05, 3.63) is 35.9 Å². The van der Waals surface area contributed by atoms with Crippen LogP contribution in [0.4, 0.5) is 0 Å². The molecule has 0 aliphatic heterocycles. The molecule has 1 aromatic rings. The van der Waals surface area contributed by atoms with Crippen LogP contribution < -0.4 is 5.32 Å². The Labute approximate surface area is 111 Å². The molecule has 1 aliphatic rings. The highest BCUT2D eigenvalue weighted by Gasteiger charge is 2.23. The lowest BCUT2D eigenvalue weighted by Crippen LogP contribution is -2.39.